The van der Waals surface area contributed by atoms with Gasteiger partial charge in [0.1, 0.15) is 6.61 Å². The van der Waals surface area contributed by atoms with Gasteiger partial charge in [-0.05, 0) is 36.8 Å². The van der Waals surface area contributed by atoms with Gasteiger partial charge in [-0.2, -0.15) is 9.50 Å². The molecule has 0 bridgehead atoms. The van der Waals surface area contributed by atoms with Crippen LogP contribution in [-0.4, -0.2) is 34.8 Å². The van der Waals surface area contributed by atoms with Gasteiger partial charge in [0.05, 0.1) is 28.0 Å². The first kappa shape index (κ1) is 27.5. The molecule has 0 heterocycles. The number of carbonyl (C=O) groups is 2. The Morgan fingerprint density at radius 2 is 1.61 bits per heavy atom. The number of nitro benzene ring substituents is 2. The van der Waals surface area contributed by atoms with E-state index in [-0.39, 0.29) is 24.5 Å². The van der Waals surface area contributed by atoms with Gasteiger partial charge in [-0.25, -0.2) is 0 Å². The number of azo groups is 1. The van der Waals surface area contributed by atoms with Gasteiger partial charge in [0.2, 0.25) is 5.82 Å². The first-order valence-corrected chi connectivity index (χ1v) is 11.2. The van der Waals surface area contributed by atoms with E-state index in [0.717, 1.165) is 11.3 Å². The number of halogens is 1. The quantitative estimate of drug-likeness (QED) is 0.129. The lowest BCUT2D eigenvalue weighted by Gasteiger charge is -2.25. The highest BCUT2D eigenvalue weighted by atomic mass is 19.1. The third kappa shape index (κ3) is 7.71. The van der Waals surface area contributed by atoms with Crippen LogP contribution in [0.4, 0.5) is 32.8 Å². The second-order valence-corrected chi connectivity index (χ2v) is 8.04. The number of anilines is 1. The summed E-state index contributed by atoms with van der Waals surface area (Å²) in [6.07, 6.45) is 0.0386. The van der Waals surface area contributed by atoms with Crippen molar-refractivity contribution in [3.05, 3.63) is 98.3 Å². The molecule has 3 rings (SSSR count). The Labute approximate surface area is 215 Å². The molecule has 0 aliphatic rings. The summed E-state index contributed by atoms with van der Waals surface area (Å²) in [5.74, 6) is -2.05. The lowest BCUT2D eigenvalue weighted by molar-refractivity contribution is -0.395. The second-order valence-electron chi connectivity index (χ2n) is 8.04. The molecule has 0 aliphatic heterocycles. The van der Waals surface area contributed by atoms with Gasteiger partial charge in [0.15, 0.2) is 11.5 Å². The van der Waals surface area contributed by atoms with Crippen LogP contribution < -0.4 is 4.90 Å². The Kier molecular flexibility index (Phi) is 9.24. The zero-order valence-corrected chi connectivity index (χ0v) is 20.2. The predicted molar refractivity (Wildman–Crippen MR) is 134 cm³/mol. The van der Waals surface area contributed by atoms with Crippen molar-refractivity contribution in [1.82, 2.24) is 0 Å². The van der Waals surface area contributed by atoms with E-state index in [9.17, 15) is 34.2 Å². The summed E-state index contributed by atoms with van der Waals surface area (Å²) >= 11 is 0. The Balaban J connectivity index is 1.80. The molecule has 0 unspecified atom stereocenters. The van der Waals surface area contributed by atoms with E-state index < -0.39 is 38.7 Å². The molecular weight excluding hydrogens is 501 g/mol. The van der Waals surface area contributed by atoms with Crippen molar-refractivity contribution < 1.29 is 28.6 Å². The van der Waals surface area contributed by atoms with Crippen LogP contribution in [0, 0.1) is 26.0 Å². The maximum atomic E-state index is 14.0. The predicted octanol–water partition coefficient (Wildman–Crippen LogP) is 5.59. The highest BCUT2D eigenvalue weighted by Gasteiger charge is 2.25. The molecule has 3 aromatic rings. The van der Waals surface area contributed by atoms with Crippen molar-refractivity contribution in [3.63, 3.8) is 0 Å². The van der Waals surface area contributed by atoms with Crippen LogP contribution in [0.3, 0.4) is 0 Å². The number of nitro groups is 2. The molecule has 0 radical (unpaired) electrons. The van der Waals surface area contributed by atoms with Crippen molar-refractivity contribution in [1.29, 1.82) is 0 Å². The van der Waals surface area contributed by atoms with E-state index in [1.807, 2.05) is 35.2 Å². The number of esters is 1. The third-order valence-corrected chi connectivity index (χ3v) is 5.16. The molecule has 0 fully saturated rings. The lowest BCUT2D eigenvalue weighted by Crippen LogP contribution is -2.26. The fourth-order valence-electron chi connectivity index (χ4n) is 3.33. The number of hydrogen-bond donors (Lipinski definition) is 0. The Bertz CT molecular complexity index is 1360. The summed E-state index contributed by atoms with van der Waals surface area (Å²) < 4.78 is 18.9. The van der Waals surface area contributed by atoms with Gasteiger partial charge in [-0.15, -0.1) is 5.11 Å². The summed E-state index contributed by atoms with van der Waals surface area (Å²) in [4.78, 5) is 45.2. The minimum atomic E-state index is -1.27. The van der Waals surface area contributed by atoms with Gasteiger partial charge in [-0.1, -0.05) is 30.3 Å². The minimum Gasteiger partial charge on any atom is -0.458 e. The zero-order chi connectivity index (χ0) is 27.7. The summed E-state index contributed by atoms with van der Waals surface area (Å²) in [5, 5.41) is 29.8. The molecule has 12 nitrogen and oxygen atoms in total. The van der Waals surface area contributed by atoms with Crippen LogP contribution >= 0.6 is 0 Å². The van der Waals surface area contributed by atoms with Crippen LogP contribution in [0.5, 0.6) is 0 Å². The highest BCUT2D eigenvalue weighted by molar-refractivity contribution is 5.80. The Hall–Kier alpha value is -5.07. The van der Waals surface area contributed by atoms with E-state index in [1.54, 1.807) is 24.3 Å². The number of Topliss-reactive ketones (excluding diaryl/α,β-unsaturated/α-hetero) is 1. The highest BCUT2D eigenvalue weighted by Crippen LogP contribution is 2.35. The average Bonchev–Trinajstić information content (AvgIpc) is 2.89. The largest absolute Gasteiger partial charge is 0.458 e. The molecule has 0 N–H and O–H groups in total. The van der Waals surface area contributed by atoms with Crippen LogP contribution in [0.1, 0.15) is 18.9 Å². The number of ether oxygens (including phenoxy) is 1. The van der Waals surface area contributed by atoms with E-state index in [2.05, 4.69) is 10.2 Å². The molecule has 13 heteroatoms. The molecule has 0 aliphatic carbocycles. The number of nitrogens with zero attached hydrogens (tertiary/aromatic N) is 5. The maximum Gasteiger partial charge on any atom is 0.311 e. The first-order chi connectivity index (χ1) is 18.1. The topological polar surface area (TPSA) is 158 Å². The van der Waals surface area contributed by atoms with E-state index in [4.69, 9.17) is 4.74 Å². The zero-order valence-electron chi connectivity index (χ0n) is 20.2. The molecule has 0 saturated carbocycles. The number of ketones is 1. The number of hydrogen-bond acceptors (Lipinski definition) is 10. The van der Waals surface area contributed by atoms with Crippen LogP contribution in [0.15, 0.2) is 77.0 Å². The van der Waals surface area contributed by atoms with Crippen molar-refractivity contribution in [2.45, 2.75) is 19.9 Å². The Morgan fingerprint density at radius 3 is 2.21 bits per heavy atom. The van der Waals surface area contributed by atoms with Crippen LogP contribution in [0.25, 0.3) is 0 Å². The fraction of sp³-hybridized carbons (Fsp3) is 0.200. The minimum absolute atomic E-state index is 0.0386. The van der Waals surface area contributed by atoms with E-state index in [0.29, 0.717) is 25.2 Å². The molecule has 0 aromatic heterocycles. The number of benzene rings is 3. The molecule has 196 valence electrons. The normalized spacial score (nSPS) is 10.8. The van der Waals surface area contributed by atoms with Gasteiger partial charge >= 0.3 is 17.3 Å². The standard InChI is InChI=1S/C25H22FN5O7/c1-17(32)16-38-25(33)11-12-29(15-18-5-3-2-4-6-18)20-9-7-19(8-10-20)27-28-22-13-21(26)23(30(34)35)14-24(22)31(36)37/h2-10,13-14H,11-12,15-16H2,1H3/b28-27+. The molecule has 0 amide bonds. The van der Waals surface area contributed by atoms with Crippen molar-refractivity contribution in [3.8, 4) is 0 Å². The van der Waals surface area contributed by atoms with Crippen molar-refractivity contribution in [2.75, 3.05) is 18.1 Å². The molecule has 0 spiro atoms. The molecule has 3 aromatic carbocycles. The van der Waals surface area contributed by atoms with Gasteiger partial charge in [-0.3, -0.25) is 29.8 Å². The molecule has 38 heavy (non-hydrogen) atoms. The van der Waals surface area contributed by atoms with Gasteiger partial charge in [0, 0.05) is 24.8 Å². The molecule has 0 atom stereocenters. The average molecular weight is 523 g/mol. The van der Waals surface area contributed by atoms with Gasteiger partial charge in [0.25, 0.3) is 0 Å². The first-order valence-electron chi connectivity index (χ1n) is 11.2. The third-order valence-electron chi connectivity index (χ3n) is 5.16. The van der Waals surface area contributed by atoms with E-state index >= 15 is 0 Å². The summed E-state index contributed by atoms with van der Waals surface area (Å²) in [5.41, 5.74) is -0.285. The molecule has 0 saturated heterocycles. The van der Waals surface area contributed by atoms with Crippen molar-refractivity contribution >= 4 is 40.2 Å². The maximum absolute atomic E-state index is 14.0. The SMILES string of the molecule is CC(=O)COC(=O)CCN(Cc1ccccc1)c1ccc(/N=N/c2cc(F)c([N+](=O)[O-])cc2[N+](=O)[O-])cc1. The number of carbonyl (C=O) groups excluding carboxylic acids is 2. The van der Waals surface area contributed by atoms with Crippen LogP contribution in [-0.2, 0) is 20.9 Å². The lowest BCUT2D eigenvalue weighted by atomic mass is 10.2. The summed E-state index contributed by atoms with van der Waals surface area (Å²) in [6.45, 7) is 1.80. The van der Waals surface area contributed by atoms with Gasteiger partial charge < -0.3 is 9.64 Å². The smallest absolute Gasteiger partial charge is 0.311 e. The monoisotopic (exact) mass is 523 g/mol. The fourth-order valence-corrected chi connectivity index (χ4v) is 3.33. The number of rotatable bonds is 12. The van der Waals surface area contributed by atoms with E-state index in [1.165, 1.54) is 6.92 Å². The molecular formula is C25H22FN5O7. The summed E-state index contributed by atoms with van der Waals surface area (Å²) in [6, 6.07) is 17.1. The second kappa shape index (κ2) is 12.8. The summed E-state index contributed by atoms with van der Waals surface area (Å²) in [7, 11) is 0. The Morgan fingerprint density at radius 1 is 0.947 bits per heavy atom. The van der Waals surface area contributed by atoms with Crippen LogP contribution in [0.2, 0.25) is 0 Å². The van der Waals surface area contributed by atoms with Crippen molar-refractivity contribution in [2.24, 2.45) is 10.2 Å².